The van der Waals surface area contributed by atoms with Crippen LogP contribution in [0, 0.1) is 0 Å². The number of morpholine rings is 2. The van der Waals surface area contributed by atoms with Crippen molar-refractivity contribution in [2.75, 3.05) is 78.8 Å². The van der Waals surface area contributed by atoms with Crippen LogP contribution in [0.1, 0.15) is 20.3 Å². The van der Waals surface area contributed by atoms with Gasteiger partial charge in [-0.25, -0.2) is 0 Å². The minimum absolute atomic E-state index is 0.358. The van der Waals surface area contributed by atoms with Gasteiger partial charge < -0.3 is 18.7 Å². The minimum Gasteiger partial charge on any atom is -0.375 e. The minimum atomic E-state index is 0.358. The largest absolute Gasteiger partial charge is 0.375 e. The molecule has 124 valence electrons. The highest BCUT2D eigenvalue weighted by Gasteiger charge is 2.28. The van der Waals surface area contributed by atoms with Crippen molar-refractivity contribution < 1.29 is 18.7 Å². The molecule has 1 unspecified atom stereocenters. The number of ether oxygens (including phenoxy) is 3. The average molecular weight is 301 g/mol. The van der Waals surface area contributed by atoms with Gasteiger partial charge in [-0.1, -0.05) is 6.92 Å². The fourth-order valence-corrected chi connectivity index (χ4v) is 3.25. The van der Waals surface area contributed by atoms with Crippen molar-refractivity contribution in [3.63, 3.8) is 0 Å². The van der Waals surface area contributed by atoms with Crippen LogP contribution in [0.4, 0.5) is 0 Å². The van der Waals surface area contributed by atoms with E-state index in [9.17, 15) is 0 Å². The van der Waals surface area contributed by atoms with Crippen molar-refractivity contribution in [1.29, 1.82) is 0 Å². The number of likely N-dealkylation sites (N-methyl/N-ethyl adjacent to an activating group) is 2. The number of rotatable bonds is 8. The van der Waals surface area contributed by atoms with Crippen LogP contribution in [0.2, 0.25) is 0 Å². The molecule has 2 aliphatic heterocycles. The summed E-state index contributed by atoms with van der Waals surface area (Å²) in [5, 5.41) is 0. The van der Waals surface area contributed by atoms with Crippen LogP contribution in [0.5, 0.6) is 0 Å². The van der Waals surface area contributed by atoms with Gasteiger partial charge in [0.15, 0.2) is 0 Å². The molecule has 2 fully saturated rings. The van der Waals surface area contributed by atoms with E-state index in [4.69, 9.17) is 14.2 Å². The molecule has 1 atom stereocenters. The Bertz CT molecular complexity index is 283. The summed E-state index contributed by atoms with van der Waals surface area (Å²) in [6.45, 7) is 16.7. The molecule has 0 N–H and O–H groups in total. The zero-order valence-electron chi connectivity index (χ0n) is 13.9. The summed E-state index contributed by atoms with van der Waals surface area (Å²) in [4.78, 5) is 2.46. The van der Waals surface area contributed by atoms with Crippen LogP contribution in [-0.2, 0) is 14.2 Å². The van der Waals surface area contributed by atoms with Crippen LogP contribution >= 0.6 is 0 Å². The third kappa shape index (κ3) is 5.49. The maximum Gasteiger partial charge on any atom is 0.103 e. The molecular weight excluding hydrogens is 268 g/mol. The highest BCUT2D eigenvalue weighted by molar-refractivity contribution is 4.70. The Balaban J connectivity index is 1.57. The summed E-state index contributed by atoms with van der Waals surface area (Å²) >= 11 is 0. The van der Waals surface area contributed by atoms with E-state index in [2.05, 4.69) is 18.7 Å². The van der Waals surface area contributed by atoms with Gasteiger partial charge in [0.05, 0.1) is 39.1 Å². The number of hydrogen-bond donors (Lipinski definition) is 0. The first-order valence-electron chi connectivity index (χ1n) is 8.62. The molecule has 0 spiro atoms. The Hall–Kier alpha value is -0.200. The van der Waals surface area contributed by atoms with E-state index in [1.807, 2.05) is 0 Å². The lowest BCUT2D eigenvalue weighted by molar-refractivity contribution is -0.933. The third-order valence-corrected chi connectivity index (χ3v) is 5.05. The fraction of sp³-hybridized carbons (Fsp3) is 1.00. The predicted octanol–water partition coefficient (Wildman–Crippen LogP) is 0.981. The van der Waals surface area contributed by atoms with Gasteiger partial charge in [-0.3, -0.25) is 4.90 Å². The molecule has 0 bridgehead atoms. The molecule has 2 saturated heterocycles. The first-order chi connectivity index (χ1) is 10.3. The topological polar surface area (TPSA) is 30.9 Å². The Morgan fingerprint density at radius 2 is 1.95 bits per heavy atom. The fourth-order valence-electron chi connectivity index (χ4n) is 3.25. The van der Waals surface area contributed by atoms with E-state index in [0.717, 1.165) is 83.2 Å². The summed E-state index contributed by atoms with van der Waals surface area (Å²) in [7, 11) is 0. The number of nitrogens with zero attached hydrogens (tertiary/aromatic N) is 2. The van der Waals surface area contributed by atoms with Crippen molar-refractivity contribution in [2.24, 2.45) is 0 Å². The summed E-state index contributed by atoms with van der Waals surface area (Å²) in [6, 6.07) is 0. The van der Waals surface area contributed by atoms with Gasteiger partial charge in [-0.05, 0) is 19.9 Å². The summed E-state index contributed by atoms with van der Waals surface area (Å²) in [5.74, 6) is 0. The molecule has 21 heavy (non-hydrogen) atoms. The first-order valence-corrected chi connectivity index (χ1v) is 8.62. The Labute approximate surface area is 129 Å². The molecule has 0 aliphatic carbocycles. The van der Waals surface area contributed by atoms with Crippen LogP contribution < -0.4 is 0 Å². The normalized spacial score (nSPS) is 26.9. The molecule has 0 aromatic heterocycles. The van der Waals surface area contributed by atoms with Crippen LogP contribution in [-0.4, -0.2) is 94.3 Å². The lowest BCUT2D eigenvalue weighted by atomic mass is 10.2. The molecule has 0 aromatic rings. The zero-order valence-corrected chi connectivity index (χ0v) is 13.9. The van der Waals surface area contributed by atoms with Gasteiger partial charge in [-0.15, -0.1) is 0 Å². The van der Waals surface area contributed by atoms with Gasteiger partial charge in [0, 0.05) is 19.7 Å². The second-order valence-electron chi connectivity index (χ2n) is 6.23. The number of quaternary nitrogens is 1. The highest BCUT2D eigenvalue weighted by Crippen LogP contribution is 2.11. The Kier molecular flexibility index (Phi) is 7.40. The van der Waals surface area contributed by atoms with Gasteiger partial charge in [0.2, 0.25) is 0 Å². The van der Waals surface area contributed by atoms with E-state index in [1.54, 1.807) is 0 Å². The quantitative estimate of drug-likeness (QED) is 0.494. The van der Waals surface area contributed by atoms with Crippen molar-refractivity contribution in [3.05, 3.63) is 0 Å². The third-order valence-electron chi connectivity index (χ3n) is 5.05. The van der Waals surface area contributed by atoms with Gasteiger partial charge in [0.25, 0.3) is 0 Å². The second-order valence-corrected chi connectivity index (χ2v) is 6.23. The van der Waals surface area contributed by atoms with Crippen LogP contribution in [0.25, 0.3) is 0 Å². The van der Waals surface area contributed by atoms with Gasteiger partial charge in [0.1, 0.15) is 19.6 Å². The van der Waals surface area contributed by atoms with Gasteiger partial charge in [-0.2, -0.15) is 0 Å². The zero-order chi connectivity index (χ0) is 15.0. The summed E-state index contributed by atoms with van der Waals surface area (Å²) in [6.07, 6.45) is 1.38. The lowest BCUT2D eigenvalue weighted by Gasteiger charge is -2.40. The Morgan fingerprint density at radius 3 is 2.67 bits per heavy atom. The van der Waals surface area contributed by atoms with E-state index >= 15 is 0 Å². The summed E-state index contributed by atoms with van der Waals surface area (Å²) in [5.41, 5.74) is 0. The molecule has 2 aliphatic rings. The first kappa shape index (κ1) is 17.2. The predicted molar refractivity (Wildman–Crippen MR) is 83.5 cm³/mol. The van der Waals surface area contributed by atoms with Crippen molar-refractivity contribution in [1.82, 2.24) is 4.90 Å². The number of hydrogen-bond acceptors (Lipinski definition) is 4. The maximum atomic E-state index is 5.88. The smallest absolute Gasteiger partial charge is 0.103 e. The molecule has 0 radical (unpaired) electrons. The monoisotopic (exact) mass is 301 g/mol. The molecule has 5 heteroatoms. The SMILES string of the molecule is CCN1CCOC(CCOCC[N+]2(CC)CCOCC2)C1. The molecule has 5 nitrogen and oxygen atoms in total. The summed E-state index contributed by atoms with van der Waals surface area (Å²) < 4.78 is 18.3. The van der Waals surface area contributed by atoms with E-state index in [1.165, 1.54) is 6.54 Å². The molecular formula is C16H33N2O3+. The van der Waals surface area contributed by atoms with Crippen molar-refractivity contribution in [3.8, 4) is 0 Å². The van der Waals surface area contributed by atoms with Crippen LogP contribution in [0.15, 0.2) is 0 Å². The molecule has 2 heterocycles. The van der Waals surface area contributed by atoms with E-state index in [-0.39, 0.29) is 0 Å². The highest BCUT2D eigenvalue weighted by atomic mass is 16.5. The molecule has 2 rings (SSSR count). The molecule has 0 aromatic carbocycles. The maximum absolute atomic E-state index is 5.88. The standard InChI is InChI=1S/C16H33N2O3/c1-3-17-6-11-21-16(15-17)5-10-19-12-7-18(4-2)8-13-20-14-9-18/h16H,3-15H2,1-2H3/q+1. The van der Waals surface area contributed by atoms with E-state index in [0.29, 0.717) is 6.10 Å². The Morgan fingerprint density at radius 1 is 1.14 bits per heavy atom. The molecule has 0 amide bonds. The average Bonchev–Trinajstić information content (AvgIpc) is 2.55. The second kappa shape index (κ2) is 9.06. The molecule has 0 saturated carbocycles. The van der Waals surface area contributed by atoms with E-state index < -0.39 is 0 Å². The van der Waals surface area contributed by atoms with Crippen molar-refractivity contribution >= 4 is 0 Å². The lowest BCUT2D eigenvalue weighted by Crippen LogP contribution is -2.56. The van der Waals surface area contributed by atoms with Crippen molar-refractivity contribution in [2.45, 2.75) is 26.4 Å². The van der Waals surface area contributed by atoms with Gasteiger partial charge >= 0.3 is 0 Å². The van der Waals surface area contributed by atoms with Crippen LogP contribution in [0.3, 0.4) is 0 Å².